The molecule has 0 aromatic heterocycles. The number of likely N-dealkylation sites (N-methyl/N-ethyl adjacent to an activating group) is 1. The van der Waals surface area contributed by atoms with Crippen LogP contribution in [0.2, 0.25) is 0 Å². The molecule has 0 aliphatic rings. The number of ketones is 1. The average molecular weight is 239 g/mol. The fourth-order valence-electron chi connectivity index (χ4n) is 1.31. The van der Waals surface area contributed by atoms with Gasteiger partial charge in [-0.25, -0.2) is 0 Å². The highest BCUT2D eigenvalue weighted by molar-refractivity contribution is 6.41. The highest BCUT2D eigenvalue weighted by Crippen LogP contribution is 1.97. The largest absolute Gasteiger partial charge is 0.310 e. The van der Waals surface area contributed by atoms with Crippen LogP contribution in [0, 0.1) is 5.41 Å². The van der Waals surface area contributed by atoms with Gasteiger partial charge in [0.1, 0.15) is 5.84 Å². The van der Waals surface area contributed by atoms with Crippen molar-refractivity contribution in [2.24, 2.45) is 0 Å². The second kappa shape index (κ2) is 8.64. The molecule has 0 aliphatic heterocycles. The Bertz CT molecular complexity index is 311. The number of Topliss-reactive ketones (excluding diaryl/α,β-unsaturated/α-hetero) is 1. The van der Waals surface area contributed by atoms with Crippen molar-refractivity contribution < 1.29 is 9.59 Å². The number of allylic oxidation sites excluding steroid dienone is 1. The van der Waals surface area contributed by atoms with Crippen molar-refractivity contribution in [2.45, 2.75) is 39.2 Å². The quantitative estimate of drug-likeness (QED) is 0.352. The monoisotopic (exact) mass is 239 g/mol. The lowest BCUT2D eigenvalue weighted by Gasteiger charge is -2.12. The molecule has 1 atom stereocenters. The zero-order valence-corrected chi connectivity index (χ0v) is 10.7. The summed E-state index contributed by atoms with van der Waals surface area (Å²) in [6, 6.07) is -0.469. The van der Waals surface area contributed by atoms with Crippen LogP contribution in [0.25, 0.3) is 0 Å². The van der Waals surface area contributed by atoms with E-state index in [1.165, 1.54) is 6.08 Å². The van der Waals surface area contributed by atoms with Crippen LogP contribution in [0.4, 0.5) is 0 Å². The number of nitrogens with one attached hydrogen (secondary N) is 3. The lowest BCUT2D eigenvalue weighted by Crippen LogP contribution is -2.45. The normalized spacial score (nSPS) is 12.4. The van der Waals surface area contributed by atoms with Gasteiger partial charge in [0.2, 0.25) is 5.78 Å². The van der Waals surface area contributed by atoms with Gasteiger partial charge in [-0.15, -0.1) is 0 Å². The highest BCUT2D eigenvalue weighted by atomic mass is 16.2. The van der Waals surface area contributed by atoms with Gasteiger partial charge in [0.25, 0.3) is 5.91 Å². The van der Waals surface area contributed by atoms with Gasteiger partial charge >= 0.3 is 0 Å². The van der Waals surface area contributed by atoms with Gasteiger partial charge in [-0.1, -0.05) is 26.3 Å². The van der Waals surface area contributed by atoms with Crippen LogP contribution < -0.4 is 10.6 Å². The van der Waals surface area contributed by atoms with Crippen LogP contribution in [-0.2, 0) is 9.59 Å². The highest BCUT2D eigenvalue weighted by Gasteiger charge is 2.23. The van der Waals surface area contributed by atoms with Crippen molar-refractivity contribution in [3.63, 3.8) is 0 Å². The molecule has 0 saturated carbocycles. The summed E-state index contributed by atoms with van der Waals surface area (Å²) in [6.07, 6.45) is 5.42. The Morgan fingerprint density at radius 1 is 1.35 bits per heavy atom. The minimum atomic E-state index is -0.733. The fraction of sp³-hybridized carbons (Fsp3) is 0.583. The Hall–Kier alpha value is -1.49. The molecule has 1 unspecified atom stereocenters. The fourth-order valence-corrected chi connectivity index (χ4v) is 1.31. The van der Waals surface area contributed by atoms with Gasteiger partial charge in [-0.2, -0.15) is 0 Å². The lowest BCUT2D eigenvalue weighted by molar-refractivity contribution is -0.138. The van der Waals surface area contributed by atoms with Crippen LogP contribution in [0.15, 0.2) is 12.2 Å². The summed E-state index contributed by atoms with van der Waals surface area (Å²) in [6.45, 7) is 3.87. The van der Waals surface area contributed by atoms with Crippen molar-refractivity contribution >= 4 is 17.5 Å². The van der Waals surface area contributed by atoms with E-state index in [0.29, 0.717) is 6.42 Å². The van der Waals surface area contributed by atoms with E-state index >= 15 is 0 Å². The molecule has 0 bridgehead atoms. The van der Waals surface area contributed by atoms with Gasteiger partial charge in [-0.05, 0) is 26.0 Å². The van der Waals surface area contributed by atoms with E-state index in [2.05, 4.69) is 10.6 Å². The minimum absolute atomic E-state index is 0.0587. The van der Waals surface area contributed by atoms with E-state index in [1.54, 1.807) is 13.1 Å². The number of rotatable bonds is 7. The summed E-state index contributed by atoms with van der Waals surface area (Å²) < 4.78 is 0. The minimum Gasteiger partial charge on any atom is -0.310 e. The Morgan fingerprint density at radius 2 is 2.00 bits per heavy atom. The first-order chi connectivity index (χ1) is 8.06. The lowest BCUT2D eigenvalue weighted by atomic mass is 10.1. The van der Waals surface area contributed by atoms with E-state index in [1.807, 2.05) is 13.8 Å². The van der Waals surface area contributed by atoms with Crippen LogP contribution in [0.3, 0.4) is 0 Å². The third-order valence-electron chi connectivity index (χ3n) is 2.23. The van der Waals surface area contributed by atoms with Crippen molar-refractivity contribution in [2.75, 3.05) is 7.05 Å². The molecule has 96 valence electrons. The van der Waals surface area contributed by atoms with Crippen LogP contribution in [-0.4, -0.2) is 30.6 Å². The molecule has 0 fully saturated rings. The Kier molecular flexibility index (Phi) is 7.88. The van der Waals surface area contributed by atoms with Crippen LogP contribution >= 0.6 is 0 Å². The molecule has 0 aliphatic carbocycles. The summed E-state index contributed by atoms with van der Waals surface area (Å²) in [5.41, 5.74) is 0. The van der Waals surface area contributed by atoms with Gasteiger partial charge < -0.3 is 10.6 Å². The van der Waals surface area contributed by atoms with E-state index in [9.17, 15) is 9.59 Å². The maximum atomic E-state index is 11.7. The first-order valence-electron chi connectivity index (χ1n) is 5.84. The molecule has 3 N–H and O–H groups in total. The van der Waals surface area contributed by atoms with Crippen molar-refractivity contribution in [3.8, 4) is 0 Å². The molecule has 0 spiro atoms. The summed E-state index contributed by atoms with van der Waals surface area (Å²) in [4.78, 5) is 23.2. The molecule has 0 saturated heterocycles. The standard InChI is InChI=1S/C12H21N3O2/c1-4-6-8-10(13)15-12(17)11(16)9(14-3)7-5-2/h6,8-9,14H,4-5,7H2,1-3H3,(H2,13,15,17)/b8-6-. The summed E-state index contributed by atoms with van der Waals surface area (Å²) in [5, 5.41) is 12.5. The summed E-state index contributed by atoms with van der Waals surface area (Å²) in [5.74, 6) is -1.32. The second-order valence-corrected chi connectivity index (χ2v) is 3.67. The average Bonchev–Trinajstić information content (AvgIpc) is 2.32. The molecule has 0 aromatic rings. The first kappa shape index (κ1) is 15.5. The number of carbonyl (C=O) groups excluding carboxylic acids is 2. The van der Waals surface area contributed by atoms with Crippen LogP contribution in [0.5, 0.6) is 0 Å². The third-order valence-corrected chi connectivity index (χ3v) is 2.23. The smallest absolute Gasteiger partial charge is 0.294 e. The predicted molar refractivity (Wildman–Crippen MR) is 68.1 cm³/mol. The molecule has 5 nitrogen and oxygen atoms in total. The van der Waals surface area contributed by atoms with E-state index < -0.39 is 17.7 Å². The Morgan fingerprint density at radius 3 is 2.47 bits per heavy atom. The SMILES string of the molecule is CC/C=C\C(=N)NC(=O)C(=O)C(CCC)NC. The maximum absolute atomic E-state index is 11.7. The maximum Gasteiger partial charge on any atom is 0.294 e. The van der Waals surface area contributed by atoms with Crippen molar-refractivity contribution in [1.82, 2.24) is 10.6 Å². The zero-order valence-electron chi connectivity index (χ0n) is 10.7. The van der Waals surface area contributed by atoms with Crippen molar-refractivity contribution in [3.05, 3.63) is 12.2 Å². The van der Waals surface area contributed by atoms with E-state index in [0.717, 1.165) is 12.8 Å². The topological polar surface area (TPSA) is 82.1 Å². The number of amidine groups is 1. The van der Waals surface area contributed by atoms with Crippen LogP contribution in [0.1, 0.15) is 33.1 Å². The number of carbonyl (C=O) groups is 2. The predicted octanol–water partition coefficient (Wildman–Crippen LogP) is 1.00. The second-order valence-electron chi connectivity index (χ2n) is 3.67. The van der Waals surface area contributed by atoms with E-state index in [-0.39, 0.29) is 5.84 Å². The molecule has 0 aromatic carbocycles. The Balaban J connectivity index is 4.34. The number of hydrogen-bond donors (Lipinski definition) is 3. The van der Waals surface area contributed by atoms with Crippen molar-refractivity contribution in [1.29, 1.82) is 5.41 Å². The summed E-state index contributed by atoms with van der Waals surface area (Å²) in [7, 11) is 1.65. The summed E-state index contributed by atoms with van der Waals surface area (Å²) >= 11 is 0. The zero-order chi connectivity index (χ0) is 13.3. The molecule has 0 heterocycles. The molecule has 5 heteroatoms. The molecule has 1 amide bonds. The molecular formula is C12H21N3O2. The number of amides is 1. The third kappa shape index (κ3) is 5.97. The number of hydrogen-bond acceptors (Lipinski definition) is 4. The van der Waals surface area contributed by atoms with E-state index in [4.69, 9.17) is 5.41 Å². The molecule has 0 rings (SSSR count). The van der Waals surface area contributed by atoms with Gasteiger partial charge in [0, 0.05) is 0 Å². The van der Waals surface area contributed by atoms with Gasteiger partial charge in [0.15, 0.2) is 0 Å². The van der Waals surface area contributed by atoms with Gasteiger partial charge in [0.05, 0.1) is 6.04 Å². The molecule has 0 radical (unpaired) electrons. The molecular weight excluding hydrogens is 218 g/mol. The Labute approximate surface area is 102 Å². The first-order valence-corrected chi connectivity index (χ1v) is 5.84. The molecule has 17 heavy (non-hydrogen) atoms. The van der Waals surface area contributed by atoms with Gasteiger partial charge in [-0.3, -0.25) is 15.0 Å².